The van der Waals surface area contributed by atoms with Crippen molar-refractivity contribution in [3.63, 3.8) is 0 Å². The third-order valence-electron chi connectivity index (χ3n) is 8.61. The maximum atomic E-state index is 13.1. The molecule has 4 rings (SSSR count). The molecular weight excluding hydrogens is 667 g/mol. The second kappa shape index (κ2) is 22.1. The second-order valence-corrected chi connectivity index (χ2v) is 14.1. The van der Waals surface area contributed by atoms with E-state index in [2.05, 4.69) is 55.2 Å². The number of nitrogens with two attached hydrogens (primary N) is 1. The van der Waals surface area contributed by atoms with Crippen LogP contribution < -0.4 is 21.1 Å². The number of nitrogens with zero attached hydrogens (tertiary/aromatic N) is 2. The monoisotopic (exact) mass is 723 g/mol. The number of carboxylic acids is 1. The van der Waals surface area contributed by atoms with Gasteiger partial charge in [-0.15, -0.1) is 0 Å². The Morgan fingerprint density at radius 1 is 0.774 bits per heavy atom. The topological polar surface area (TPSA) is 157 Å². The minimum atomic E-state index is -1.17. The van der Waals surface area contributed by atoms with Crippen LogP contribution in [0.4, 0.5) is 0 Å². The summed E-state index contributed by atoms with van der Waals surface area (Å²) >= 11 is 0. The van der Waals surface area contributed by atoms with Crippen molar-refractivity contribution in [1.82, 2.24) is 20.6 Å². The van der Waals surface area contributed by atoms with Gasteiger partial charge >= 0.3 is 5.97 Å². The van der Waals surface area contributed by atoms with Crippen molar-refractivity contribution < 1.29 is 24.2 Å². The van der Waals surface area contributed by atoms with Gasteiger partial charge in [-0.05, 0) is 65.8 Å². The molecule has 0 aliphatic rings. The fourth-order valence-electron chi connectivity index (χ4n) is 5.35. The highest BCUT2D eigenvalue weighted by Crippen LogP contribution is 2.24. The Hall–Kier alpha value is -5.09. The number of carbonyl (C=O) groups excluding carboxylic acids is 2. The molecule has 1 aromatic heterocycles. The summed E-state index contributed by atoms with van der Waals surface area (Å²) in [6.07, 6.45) is 12.1. The highest BCUT2D eigenvalue weighted by molar-refractivity contribution is 5.98. The van der Waals surface area contributed by atoms with Crippen molar-refractivity contribution in [2.24, 2.45) is 5.73 Å². The largest absolute Gasteiger partial charge is 0.494 e. The number of hydrogen-bond donors (Lipinski definition) is 4. The molecule has 0 radical (unpaired) electrons. The number of rotatable bonds is 18. The van der Waals surface area contributed by atoms with Crippen molar-refractivity contribution in [3.05, 3.63) is 102 Å². The van der Waals surface area contributed by atoms with Gasteiger partial charge in [-0.1, -0.05) is 115 Å². The Morgan fingerprint density at radius 2 is 1.38 bits per heavy atom. The van der Waals surface area contributed by atoms with Gasteiger partial charge < -0.3 is 26.2 Å². The Kier molecular flexibility index (Phi) is 17.6. The first-order chi connectivity index (χ1) is 25.4. The van der Waals surface area contributed by atoms with Gasteiger partial charge in [0.15, 0.2) is 5.82 Å². The summed E-state index contributed by atoms with van der Waals surface area (Å²) < 4.78 is 5.88. The van der Waals surface area contributed by atoms with Crippen LogP contribution in [-0.2, 0) is 21.4 Å². The third-order valence-corrected chi connectivity index (χ3v) is 8.61. The summed E-state index contributed by atoms with van der Waals surface area (Å²) in [6, 6.07) is 21.6. The molecule has 10 heteroatoms. The van der Waals surface area contributed by atoms with Crippen LogP contribution in [-0.4, -0.2) is 58.6 Å². The molecule has 0 aliphatic carbocycles. The smallest absolute Gasteiger partial charge is 0.322 e. The molecular formula is C43H57N5O5. The van der Waals surface area contributed by atoms with Gasteiger partial charge in [-0.25, -0.2) is 9.97 Å². The first kappa shape index (κ1) is 42.3. The summed E-state index contributed by atoms with van der Waals surface area (Å²) in [7, 11) is 0. The molecule has 0 fully saturated rings. The van der Waals surface area contributed by atoms with E-state index in [1.165, 1.54) is 38.5 Å². The van der Waals surface area contributed by atoms with Gasteiger partial charge in [0.2, 0.25) is 5.91 Å². The van der Waals surface area contributed by atoms with E-state index in [-0.39, 0.29) is 11.8 Å². The maximum absolute atomic E-state index is 13.1. The van der Waals surface area contributed by atoms with Crippen LogP contribution in [0, 0.1) is 0 Å². The van der Waals surface area contributed by atoms with Crippen molar-refractivity contribution >= 4 is 17.8 Å². The molecule has 1 atom stereocenters. The normalized spacial score (nSPS) is 11.5. The number of unbranched alkanes of at least 4 members (excludes halogenated alkanes) is 5. The molecule has 0 saturated heterocycles. The molecule has 4 aromatic rings. The lowest BCUT2D eigenvalue weighted by molar-refractivity contribution is -0.138. The summed E-state index contributed by atoms with van der Waals surface area (Å²) in [6.45, 7) is 11.6. The summed E-state index contributed by atoms with van der Waals surface area (Å²) in [5.41, 5.74) is 10.0. The number of aromatic nitrogens is 2. The standard InChI is InChI=1S/C39H46N4O5.C4H11N/c1-5-6-7-8-9-22-48-33-20-16-28(17-21-33)31-24-40-36(41-25-31)29-12-10-27(11-13-29)23-34(38(47)42-26-35(44)45)43-37(46)30-14-18-32(19-15-30)39(2,3)4;1-2-3-4-5/h10-21,24-25,34H,5-9,22-23,26H2,1-4H3,(H,42,47)(H,43,46)(H,44,45);2-5H2,1H3. The number of ether oxygens (including phenoxy) is 1. The number of carboxylic acid groups (broad SMARTS) is 1. The molecule has 284 valence electrons. The van der Waals surface area contributed by atoms with E-state index in [0.29, 0.717) is 11.4 Å². The Morgan fingerprint density at radius 3 is 1.92 bits per heavy atom. The lowest BCUT2D eigenvalue weighted by Crippen LogP contribution is -2.49. The first-order valence-electron chi connectivity index (χ1n) is 18.7. The van der Waals surface area contributed by atoms with Crippen LogP contribution in [0.2, 0.25) is 0 Å². The zero-order chi connectivity index (χ0) is 38.6. The van der Waals surface area contributed by atoms with E-state index in [1.54, 1.807) is 24.5 Å². The van der Waals surface area contributed by atoms with E-state index in [1.807, 2.05) is 60.7 Å². The number of amides is 2. The minimum absolute atomic E-state index is 0.0672. The fraction of sp³-hybridized carbons (Fsp3) is 0.419. The van der Waals surface area contributed by atoms with Crippen molar-refractivity contribution in [2.75, 3.05) is 19.7 Å². The number of benzene rings is 3. The second-order valence-electron chi connectivity index (χ2n) is 14.1. The fourth-order valence-corrected chi connectivity index (χ4v) is 5.35. The molecule has 3 aromatic carbocycles. The zero-order valence-electron chi connectivity index (χ0n) is 32.0. The number of hydrogen-bond acceptors (Lipinski definition) is 7. The molecule has 0 aliphatic heterocycles. The van der Waals surface area contributed by atoms with Gasteiger partial charge in [0.05, 0.1) is 6.61 Å². The molecule has 0 bridgehead atoms. The molecule has 1 heterocycles. The third kappa shape index (κ3) is 14.8. The Labute approximate surface area is 315 Å². The SMILES string of the molecule is CCCCCCCOc1ccc(-c2cnc(-c3ccc(CC(NC(=O)c4ccc(C(C)(C)C)cc4)C(=O)NCC(=O)O)cc3)nc2)cc1.CCCCN. The van der Waals surface area contributed by atoms with Gasteiger partial charge in [0.25, 0.3) is 5.91 Å². The van der Waals surface area contributed by atoms with E-state index in [0.717, 1.165) is 53.1 Å². The number of carbonyl (C=O) groups is 3. The summed E-state index contributed by atoms with van der Waals surface area (Å²) in [4.78, 5) is 46.2. The maximum Gasteiger partial charge on any atom is 0.322 e. The minimum Gasteiger partial charge on any atom is -0.494 e. The van der Waals surface area contributed by atoms with E-state index < -0.39 is 30.4 Å². The van der Waals surface area contributed by atoms with Crippen LogP contribution in [0.5, 0.6) is 5.75 Å². The molecule has 53 heavy (non-hydrogen) atoms. The number of nitrogens with one attached hydrogen (secondary N) is 2. The van der Waals surface area contributed by atoms with Crippen LogP contribution in [0.25, 0.3) is 22.5 Å². The summed E-state index contributed by atoms with van der Waals surface area (Å²) in [5, 5.41) is 14.2. The lowest BCUT2D eigenvalue weighted by atomic mass is 9.86. The molecule has 1 unspecified atom stereocenters. The van der Waals surface area contributed by atoms with Crippen molar-refractivity contribution in [1.29, 1.82) is 0 Å². The lowest BCUT2D eigenvalue weighted by Gasteiger charge is -2.20. The zero-order valence-corrected chi connectivity index (χ0v) is 32.0. The van der Waals surface area contributed by atoms with Crippen molar-refractivity contribution in [3.8, 4) is 28.3 Å². The van der Waals surface area contributed by atoms with E-state index >= 15 is 0 Å². The highest BCUT2D eigenvalue weighted by Gasteiger charge is 2.23. The predicted octanol–water partition coefficient (Wildman–Crippen LogP) is 7.74. The van der Waals surface area contributed by atoms with E-state index in [9.17, 15) is 14.4 Å². The Balaban J connectivity index is 0.00000141. The Bertz CT molecular complexity index is 1680. The van der Waals surface area contributed by atoms with Crippen LogP contribution in [0.1, 0.15) is 101 Å². The predicted molar refractivity (Wildman–Crippen MR) is 212 cm³/mol. The van der Waals surface area contributed by atoms with Gasteiger partial charge in [0.1, 0.15) is 18.3 Å². The van der Waals surface area contributed by atoms with Crippen LogP contribution in [0.15, 0.2) is 85.2 Å². The van der Waals surface area contributed by atoms with Crippen LogP contribution in [0.3, 0.4) is 0 Å². The quantitative estimate of drug-likeness (QED) is 0.0760. The van der Waals surface area contributed by atoms with E-state index in [4.69, 9.17) is 15.6 Å². The number of aliphatic carboxylic acids is 1. The molecule has 0 spiro atoms. The van der Waals surface area contributed by atoms with Crippen molar-refractivity contribution in [2.45, 2.75) is 97.4 Å². The molecule has 0 saturated carbocycles. The first-order valence-corrected chi connectivity index (χ1v) is 18.7. The molecule has 5 N–H and O–H groups in total. The van der Waals surface area contributed by atoms with Gasteiger partial charge in [0, 0.05) is 35.5 Å². The average Bonchev–Trinajstić information content (AvgIpc) is 3.16. The average molecular weight is 724 g/mol. The van der Waals surface area contributed by atoms with Gasteiger partial charge in [-0.2, -0.15) is 0 Å². The van der Waals surface area contributed by atoms with Gasteiger partial charge in [-0.3, -0.25) is 14.4 Å². The highest BCUT2D eigenvalue weighted by atomic mass is 16.5. The van der Waals surface area contributed by atoms with Crippen LogP contribution >= 0.6 is 0 Å². The molecule has 2 amide bonds. The molecule has 10 nitrogen and oxygen atoms in total. The summed E-state index contributed by atoms with van der Waals surface area (Å²) in [5.74, 6) is -0.770.